The zero-order valence-electron chi connectivity index (χ0n) is 12.3. The van der Waals surface area contributed by atoms with E-state index in [1.165, 1.54) is 6.07 Å². The Kier molecular flexibility index (Phi) is 3.67. The molecule has 0 aromatic heterocycles. The molecular formula is C15H19NO5. The lowest BCUT2D eigenvalue weighted by Gasteiger charge is -2.28. The van der Waals surface area contributed by atoms with Crippen LogP contribution in [-0.4, -0.2) is 29.3 Å². The van der Waals surface area contributed by atoms with Gasteiger partial charge in [0.25, 0.3) is 0 Å². The Morgan fingerprint density at radius 2 is 2.00 bits per heavy atom. The largest absolute Gasteiger partial charge is 0.493 e. The van der Waals surface area contributed by atoms with Crippen molar-refractivity contribution < 1.29 is 24.2 Å². The van der Waals surface area contributed by atoms with E-state index >= 15 is 0 Å². The standard InChI is InChI=1S/C15H19NO5/c1-14(2,3)21-13(19)15(16,12(17)18)10-4-5-11-9(8-10)6-7-20-11/h4-5,8H,6-7,16H2,1-3H3,(H,17,18). The van der Waals surface area contributed by atoms with E-state index in [1.54, 1.807) is 32.9 Å². The summed E-state index contributed by atoms with van der Waals surface area (Å²) in [5.41, 5.74) is 3.87. The molecule has 0 radical (unpaired) electrons. The fraction of sp³-hybridized carbons (Fsp3) is 0.467. The Bertz CT molecular complexity index is 590. The summed E-state index contributed by atoms with van der Waals surface area (Å²) in [6.07, 6.45) is 0.660. The van der Waals surface area contributed by atoms with Crippen LogP contribution in [0.1, 0.15) is 31.9 Å². The van der Waals surface area contributed by atoms with Crippen LogP contribution in [-0.2, 0) is 26.3 Å². The third-order valence-electron chi connectivity index (χ3n) is 3.20. The highest BCUT2D eigenvalue weighted by molar-refractivity contribution is 6.04. The van der Waals surface area contributed by atoms with Crippen molar-refractivity contribution in [2.75, 3.05) is 6.61 Å². The number of carbonyl (C=O) groups is 2. The van der Waals surface area contributed by atoms with Gasteiger partial charge in [0.1, 0.15) is 11.4 Å². The second-order valence-corrected chi connectivity index (χ2v) is 6.04. The molecule has 0 fully saturated rings. The second kappa shape index (κ2) is 5.04. The Morgan fingerprint density at radius 1 is 1.33 bits per heavy atom. The molecule has 0 aliphatic carbocycles. The maximum Gasteiger partial charge on any atom is 0.343 e. The summed E-state index contributed by atoms with van der Waals surface area (Å²) in [6, 6.07) is 4.72. The van der Waals surface area contributed by atoms with Gasteiger partial charge in [0.15, 0.2) is 0 Å². The predicted octanol–water partition coefficient (Wildman–Crippen LogP) is 1.20. The Labute approximate surface area is 122 Å². The first kappa shape index (κ1) is 15.3. The predicted molar refractivity (Wildman–Crippen MR) is 75.0 cm³/mol. The molecule has 1 aliphatic heterocycles. The second-order valence-electron chi connectivity index (χ2n) is 6.04. The van der Waals surface area contributed by atoms with Crippen LogP contribution in [0.4, 0.5) is 0 Å². The monoisotopic (exact) mass is 293 g/mol. The highest BCUT2D eigenvalue weighted by atomic mass is 16.6. The SMILES string of the molecule is CC(C)(C)OC(=O)C(N)(C(=O)O)c1ccc2c(c1)CCO2. The number of carboxylic acids is 1. The molecule has 0 bridgehead atoms. The smallest absolute Gasteiger partial charge is 0.343 e. The Hall–Kier alpha value is -2.08. The average Bonchev–Trinajstić information content (AvgIpc) is 2.82. The number of rotatable bonds is 3. The molecule has 0 amide bonds. The first-order chi connectivity index (χ1) is 9.64. The molecule has 1 heterocycles. The van der Waals surface area contributed by atoms with Crippen LogP contribution in [0.2, 0.25) is 0 Å². The number of esters is 1. The summed E-state index contributed by atoms with van der Waals surface area (Å²) < 4.78 is 10.5. The van der Waals surface area contributed by atoms with Crippen molar-refractivity contribution in [3.63, 3.8) is 0 Å². The van der Waals surface area contributed by atoms with Crippen LogP contribution in [0.25, 0.3) is 0 Å². The van der Waals surface area contributed by atoms with Gasteiger partial charge in [0.2, 0.25) is 5.54 Å². The molecule has 114 valence electrons. The summed E-state index contributed by atoms with van der Waals surface area (Å²) in [6.45, 7) is 5.51. The highest BCUT2D eigenvalue weighted by Crippen LogP contribution is 2.31. The van der Waals surface area contributed by atoms with Crippen molar-refractivity contribution in [2.45, 2.75) is 38.3 Å². The fourth-order valence-corrected chi connectivity index (χ4v) is 2.12. The normalized spacial score (nSPS) is 16.6. The zero-order chi connectivity index (χ0) is 15.8. The molecule has 1 unspecified atom stereocenters. The lowest BCUT2D eigenvalue weighted by Crippen LogP contribution is -2.54. The number of hydrogen-bond donors (Lipinski definition) is 2. The number of aliphatic carboxylic acids is 1. The van der Waals surface area contributed by atoms with Crippen molar-refractivity contribution in [3.8, 4) is 5.75 Å². The van der Waals surface area contributed by atoms with E-state index < -0.39 is 23.1 Å². The van der Waals surface area contributed by atoms with Crippen LogP contribution >= 0.6 is 0 Å². The summed E-state index contributed by atoms with van der Waals surface area (Å²) in [5.74, 6) is -1.74. The van der Waals surface area contributed by atoms with Gasteiger partial charge in [-0.05, 0) is 44.0 Å². The molecule has 6 heteroatoms. The maximum absolute atomic E-state index is 12.3. The molecule has 0 spiro atoms. The Balaban J connectivity index is 2.43. The third-order valence-corrected chi connectivity index (χ3v) is 3.20. The van der Waals surface area contributed by atoms with Gasteiger partial charge in [0, 0.05) is 6.42 Å². The molecule has 1 aliphatic rings. The molecule has 1 aromatic carbocycles. The lowest BCUT2D eigenvalue weighted by molar-refractivity contribution is -0.169. The van der Waals surface area contributed by atoms with E-state index in [4.69, 9.17) is 15.2 Å². The van der Waals surface area contributed by atoms with Gasteiger partial charge in [-0.15, -0.1) is 0 Å². The quantitative estimate of drug-likeness (QED) is 0.642. The summed E-state index contributed by atoms with van der Waals surface area (Å²) in [5, 5.41) is 9.44. The van der Waals surface area contributed by atoms with Gasteiger partial charge in [-0.25, -0.2) is 9.59 Å². The number of carbonyl (C=O) groups excluding carboxylic acids is 1. The Morgan fingerprint density at radius 3 is 2.57 bits per heavy atom. The van der Waals surface area contributed by atoms with Crippen LogP contribution in [0, 0.1) is 0 Å². The summed E-state index contributed by atoms with van der Waals surface area (Å²) >= 11 is 0. The van der Waals surface area contributed by atoms with Crippen molar-refractivity contribution >= 4 is 11.9 Å². The molecule has 6 nitrogen and oxygen atoms in total. The number of nitrogens with two attached hydrogens (primary N) is 1. The highest BCUT2D eigenvalue weighted by Gasteiger charge is 2.47. The van der Waals surface area contributed by atoms with Gasteiger partial charge >= 0.3 is 11.9 Å². The molecule has 1 aromatic rings. The molecule has 2 rings (SSSR count). The van der Waals surface area contributed by atoms with Crippen molar-refractivity contribution in [1.29, 1.82) is 0 Å². The van der Waals surface area contributed by atoms with Crippen molar-refractivity contribution in [1.82, 2.24) is 0 Å². The molecule has 21 heavy (non-hydrogen) atoms. The zero-order valence-corrected chi connectivity index (χ0v) is 12.3. The number of carboxylic acid groups (broad SMARTS) is 1. The van der Waals surface area contributed by atoms with E-state index in [1.807, 2.05) is 0 Å². The molecular weight excluding hydrogens is 274 g/mol. The van der Waals surface area contributed by atoms with E-state index in [2.05, 4.69) is 0 Å². The van der Waals surface area contributed by atoms with Gasteiger partial charge in [-0.1, -0.05) is 6.07 Å². The molecule has 3 N–H and O–H groups in total. The van der Waals surface area contributed by atoms with Crippen LogP contribution in [0.3, 0.4) is 0 Å². The third kappa shape index (κ3) is 2.85. The first-order valence-corrected chi connectivity index (χ1v) is 6.66. The lowest BCUT2D eigenvalue weighted by atomic mass is 9.89. The van der Waals surface area contributed by atoms with E-state index in [-0.39, 0.29) is 5.56 Å². The number of ether oxygens (including phenoxy) is 2. The van der Waals surface area contributed by atoms with Crippen molar-refractivity contribution in [3.05, 3.63) is 29.3 Å². The minimum Gasteiger partial charge on any atom is -0.493 e. The number of benzene rings is 1. The van der Waals surface area contributed by atoms with Crippen molar-refractivity contribution in [2.24, 2.45) is 5.73 Å². The molecule has 0 saturated heterocycles. The molecule has 1 atom stereocenters. The molecule has 0 saturated carbocycles. The summed E-state index contributed by atoms with van der Waals surface area (Å²) in [4.78, 5) is 23.9. The van der Waals surface area contributed by atoms with Gasteiger partial charge in [-0.3, -0.25) is 0 Å². The van der Waals surface area contributed by atoms with E-state index in [0.717, 1.165) is 5.56 Å². The average molecular weight is 293 g/mol. The fourth-order valence-electron chi connectivity index (χ4n) is 2.12. The van der Waals surface area contributed by atoms with E-state index in [0.29, 0.717) is 18.8 Å². The van der Waals surface area contributed by atoms with Crippen LogP contribution in [0.5, 0.6) is 5.75 Å². The first-order valence-electron chi connectivity index (χ1n) is 6.66. The summed E-state index contributed by atoms with van der Waals surface area (Å²) in [7, 11) is 0. The van der Waals surface area contributed by atoms with Crippen LogP contribution in [0.15, 0.2) is 18.2 Å². The van der Waals surface area contributed by atoms with Gasteiger partial charge in [0.05, 0.1) is 6.61 Å². The number of fused-ring (bicyclic) bond motifs is 1. The van der Waals surface area contributed by atoms with E-state index in [9.17, 15) is 14.7 Å². The number of hydrogen-bond acceptors (Lipinski definition) is 5. The van der Waals surface area contributed by atoms with Crippen LogP contribution < -0.4 is 10.5 Å². The minimum atomic E-state index is -2.23. The van der Waals surface area contributed by atoms with Gasteiger partial charge in [-0.2, -0.15) is 0 Å². The minimum absolute atomic E-state index is 0.188. The maximum atomic E-state index is 12.3. The topological polar surface area (TPSA) is 98.9 Å². The van der Waals surface area contributed by atoms with Gasteiger partial charge < -0.3 is 20.3 Å².